The van der Waals surface area contributed by atoms with Gasteiger partial charge in [-0.15, -0.1) is 11.3 Å². The summed E-state index contributed by atoms with van der Waals surface area (Å²) in [7, 11) is 1.36. The van der Waals surface area contributed by atoms with E-state index in [-0.39, 0.29) is 13.0 Å². The summed E-state index contributed by atoms with van der Waals surface area (Å²) < 4.78 is 5.00. The van der Waals surface area contributed by atoms with E-state index in [1.54, 1.807) is 37.3 Å². The summed E-state index contributed by atoms with van der Waals surface area (Å²) in [6.45, 7) is 1.46. The summed E-state index contributed by atoms with van der Waals surface area (Å²) in [5.74, 6) is -2.63. The van der Waals surface area contributed by atoms with Gasteiger partial charge < -0.3 is 30.9 Å². The first-order chi connectivity index (χ1) is 16.6. The van der Waals surface area contributed by atoms with Crippen molar-refractivity contribution >= 4 is 34.8 Å². The van der Waals surface area contributed by atoms with E-state index < -0.39 is 54.3 Å². The van der Waals surface area contributed by atoms with Gasteiger partial charge in [-0.1, -0.05) is 30.3 Å². The van der Waals surface area contributed by atoms with Crippen molar-refractivity contribution in [2.45, 2.75) is 38.0 Å². The highest BCUT2D eigenvalue weighted by Gasteiger charge is 2.36. The molecule has 0 saturated heterocycles. The Bertz CT molecular complexity index is 1030. The minimum atomic E-state index is -2.06. The molecule has 0 radical (unpaired) electrons. The summed E-state index contributed by atoms with van der Waals surface area (Å²) in [5.41, 5.74) is -1.33. The molecule has 12 heteroatoms. The number of Topliss-reactive ketones (excluding diaryl/α,β-unsaturated/α-hetero) is 1. The molecule has 0 fully saturated rings. The third-order valence-electron chi connectivity index (χ3n) is 5.00. The van der Waals surface area contributed by atoms with E-state index in [0.29, 0.717) is 9.88 Å². The lowest BCUT2D eigenvalue weighted by molar-refractivity contribution is -0.143. The molecule has 0 aliphatic carbocycles. The molecule has 2 aromatic rings. The number of amides is 3. The standard InChI is InChI=1S/C23H30N4O7S/c1-14-24-10-18(35-14)22(32)27-17(12-34-3)21(31)25-11-19(29)26-16(20(30)23(2,33)13-28)9-15-7-5-4-6-8-15/h4-8,10,16-17,28,33H,9,11-13H2,1-3H3,(H,25,31)(H,26,29)(H,27,32). The summed E-state index contributed by atoms with van der Waals surface area (Å²) in [4.78, 5) is 54.6. The van der Waals surface area contributed by atoms with Crippen molar-refractivity contribution in [2.75, 3.05) is 26.9 Å². The maximum absolute atomic E-state index is 12.7. The first-order valence-electron chi connectivity index (χ1n) is 10.8. The smallest absolute Gasteiger partial charge is 0.263 e. The number of nitrogens with one attached hydrogen (secondary N) is 3. The zero-order chi connectivity index (χ0) is 26.0. The van der Waals surface area contributed by atoms with Crippen LogP contribution in [0.4, 0.5) is 0 Å². The molecule has 11 nitrogen and oxygen atoms in total. The van der Waals surface area contributed by atoms with Gasteiger partial charge in [-0.25, -0.2) is 4.98 Å². The molecule has 0 bridgehead atoms. The van der Waals surface area contributed by atoms with Gasteiger partial charge >= 0.3 is 0 Å². The fourth-order valence-electron chi connectivity index (χ4n) is 3.09. The van der Waals surface area contributed by atoms with Gasteiger partial charge in [0.1, 0.15) is 16.5 Å². The molecule has 3 amide bonds. The van der Waals surface area contributed by atoms with Crippen molar-refractivity contribution in [1.82, 2.24) is 20.9 Å². The van der Waals surface area contributed by atoms with Crippen molar-refractivity contribution in [3.63, 3.8) is 0 Å². The SMILES string of the molecule is COCC(NC(=O)c1cnc(C)s1)C(=O)NCC(=O)NC(Cc1ccccc1)C(=O)C(C)(O)CO. The minimum Gasteiger partial charge on any atom is -0.393 e. The number of methoxy groups -OCH3 is 1. The van der Waals surface area contributed by atoms with Crippen LogP contribution in [0.1, 0.15) is 27.2 Å². The monoisotopic (exact) mass is 506 g/mol. The van der Waals surface area contributed by atoms with E-state index in [1.807, 2.05) is 0 Å². The van der Waals surface area contributed by atoms with E-state index in [1.165, 1.54) is 24.6 Å². The topological polar surface area (TPSA) is 167 Å². The number of aromatic nitrogens is 1. The van der Waals surface area contributed by atoms with Crippen LogP contribution < -0.4 is 16.0 Å². The van der Waals surface area contributed by atoms with Gasteiger partial charge in [0.25, 0.3) is 5.91 Å². The Kier molecular flexibility index (Phi) is 10.5. The number of carbonyl (C=O) groups is 4. The van der Waals surface area contributed by atoms with E-state index in [9.17, 15) is 29.4 Å². The van der Waals surface area contributed by atoms with Crippen LogP contribution >= 0.6 is 11.3 Å². The minimum absolute atomic E-state index is 0.0755. The summed E-state index contributed by atoms with van der Waals surface area (Å²) in [5, 5.41) is 27.7. The Balaban J connectivity index is 2.01. The fraction of sp³-hybridized carbons (Fsp3) is 0.435. The van der Waals surface area contributed by atoms with Crippen molar-refractivity contribution in [2.24, 2.45) is 0 Å². The molecule has 1 aromatic heterocycles. The van der Waals surface area contributed by atoms with Crippen LogP contribution in [0.25, 0.3) is 0 Å². The predicted molar refractivity (Wildman–Crippen MR) is 128 cm³/mol. The molecular formula is C23H30N4O7S. The van der Waals surface area contributed by atoms with Gasteiger partial charge in [-0.3, -0.25) is 19.2 Å². The lowest BCUT2D eigenvalue weighted by atomic mass is 9.91. The molecule has 3 unspecified atom stereocenters. The van der Waals surface area contributed by atoms with Crippen LogP contribution in [-0.4, -0.2) is 83.3 Å². The number of nitrogens with zero attached hydrogens (tertiary/aromatic N) is 1. The molecule has 0 spiro atoms. The Morgan fingerprint density at radius 2 is 1.83 bits per heavy atom. The van der Waals surface area contributed by atoms with Crippen molar-refractivity contribution in [1.29, 1.82) is 0 Å². The molecule has 1 aromatic carbocycles. The summed E-state index contributed by atoms with van der Waals surface area (Å²) >= 11 is 1.17. The fourth-order valence-corrected chi connectivity index (χ4v) is 3.77. The molecule has 1 heterocycles. The quantitative estimate of drug-likeness (QED) is 0.239. The number of hydrogen-bond acceptors (Lipinski definition) is 9. The molecule has 0 aliphatic heterocycles. The van der Waals surface area contributed by atoms with Crippen LogP contribution in [0.2, 0.25) is 0 Å². The summed E-state index contributed by atoms with van der Waals surface area (Å²) in [6, 6.07) is 6.62. The van der Waals surface area contributed by atoms with Gasteiger partial charge in [0.15, 0.2) is 5.78 Å². The van der Waals surface area contributed by atoms with E-state index in [2.05, 4.69) is 20.9 Å². The predicted octanol–water partition coefficient (Wildman–Crippen LogP) is -0.648. The van der Waals surface area contributed by atoms with E-state index in [4.69, 9.17) is 4.74 Å². The lowest BCUT2D eigenvalue weighted by Crippen LogP contribution is -2.55. The number of aliphatic hydroxyl groups excluding tert-OH is 1. The van der Waals surface area contributed by atoms with E-state index >= 15 is 0 Å². The van der Waals surface area contributed by atoms with E-state index in [0.717, 1.165) is 12.5 Å². The molecule has 0 aliphatic rings. The highest BCUT2D eigenvalue weighted by atomic mass is 32.1. The molecular weight excluding hydrogens is 476 g/mol. The number of ether oxygens (including phenoxy) is 1. The third kappa shape index (κ3) is 8.51. The van der Waals surface area contributed by atoms with Crippen LogP contribution in [0.5, 0.6) is 0 Å². The van der Waals surface area contributed by atoms with Crippen LogP contribution in [-0.2, 0) is 25.5 Å². The van der Waals surface area contributed by atoms with Crippen molar-refractivity contribution in [3.8, 4) is 0 Å². The second kappa shape index (κ2) is 13.0. The Morgan fingerprint density at radius 3 is 2.40 bits per heavy atom. The van der Waals surface area contributed by atoms with Crippen molar-refractivity contribution in [3.05, 3.63) is 52.0 Å². The second-order valence-electron chi connectivity index (χ2n) is 8.05. The third-order valence-corrected chi connectivity index (χ3v) is 5.91. The van der Waals surface area contributed by atoms with Gasteiger partial charge in [-0.2, -0.15) is 0 Å². The lowest BCUT2D eigenvalue weighted by Gasteiger charge is -2.26. The number of ketones is 1. The number of aryl methyl sites for hydroxylation is 1. The second-order valence-corrected chi connectivity index (χ2v) is 9.28. The van der Waals surface area contributed by atoms with Crippen LogP contribution in [0.15, 0.2) is 36.5 Å². The van der Waals surface area contributed by atoms with Gasteiger partial charge in [0.05, 0.1) is 37.0 Å². The molecule has 0 saturated carbocycles. The Morgan fingerprint density at radius 1 is 1.14 bits per heavy atom. The van der Waals surface area contributed by atoms with Gasteiger partial charge in [-0.05, 0) is 25.8 Å². The maximum Gasteiger partial charge on any atom is 0.263 e. The van der Waals surface area contributed by atoms with Crippen LogP contribution in [0, 0.1) is 6.92 Å². The maximum atomic E-state index is 12.7. The first kappa shape index (κ1) is 28.1. The van der Waals surface area contributed by atoms with Crippen LogP contribution in [0.3, 0.4) is 0 Å². The average Bonchev–Trinajstić information content (AvgIpc) is 3.28. The number of rotatable bonds is 13. The number of aliphatic hydroxyl groups is 2. The molecule has 190 valence electrons. The zero-order valence-electron chi connectivity index (χ0n) is 19.7. The first-order valence-corrected chi connectivity index (χ1v) is 11.6. The Labute approximate surface area is 206 Å². The number of benzene rings is 1. The molecule has 2 rings (SSSR count). The molecule has 35 heavy (non-hydrogen) atoms. The number of hydrogen-bond donors (Lipinski definition) is 5. The highest BCUT2D eigenvalue weighted by Crippen LogP contribution is 2.13. The number of carbonyl (C=O) groups excluding carboxylic acids is 4. The molecule has 3 atom stereocenters. The highest BCUT2D eigenvalue weighted by molar-refractivity contribution is 7.13. The number of thiazole rings is 1. The van der Waals surface area contributed by atoms with Gasteiger partial charge in [0.2, 0.25) is 11.8 Å². The summed E-state index contributed by atoms with van der Waals surface area (Å²) in [6.07, 6.45) is 1.47. The molecule has 5 N–H and O–H groups in total. The normalized spacial score (nSPS) is 14.3. The Hall–Kier alpha value is -3.19. The van der Waals surface area contributed by atoms with Crippen molar-refractivity contribution < 1.29 is 34.1 Å². The van der Waals surface area contributed by atoms with Gasteiger partial charge in [0, 0.05) is 7.11 Å². The average molecular weight is 507 g/mol. The largest absolute Gasteiger partial charge is 0.393 e. The zero-order valence-corrected chi connectivity index (χ0v) is 20.6.